The van der Waals surface area contributed by atoms with Crippen molar-refractivity contribution >= 4 is 5.69 Å². The third-order valence-electron chi connectivity index (χ3n) is 4.33. The lowest BCUT2D eigenvalue weighted by Gasteiger charge is -2.22. The fourth-order valence-corrected chi connectivity index (χ4v) is 3.60. The summed E-state index contributed by atoms with van der Waals surface area (Å²) >= 11 is 0. The summed E-state index contributed by atoms with van der Waals surface area (Å²) in [5.74, 6) is 0.661. The van der Waals surface area contributed by atoms with Gasteiger partial charge in [-0.1, -0.05) is 42.5 Å². The van der Waals surface area contributed by atoms with Crippen LogP contribution >= 0.6 is 0 Å². The van der Waals surface area contributed by atoms with E-state index in [0.717, 1.165) is 0 Å². The average molecular weight is 221 g/mol. The highest BCUT2D eigenvalue weighted by molar-refractivity contribution is 5.65. The van der Waals surface area contributed by atoms with E-state index in [9.17, 15) is 0 Å². The fraction of sp³-hybridized carbons (Fsp3) is 0.250. The average Bonchev–Trinajstić information content (AvgIpc) is 2.88. The maximum absolute atomic E-state index is 2.45. The van der Waals surface area contributed by atoms with Crippen LogP contribution in [-0.2, 0) is 6.42 Å². The van der Waals surface area contributed by atoms with Gasteiger partial charge < -0.3 is 4.90 Å². The Morgan fingerprint density at radius 3 is 2.53 bits per heavy atom. The minimum atomic E-state index is 0.559. The van der Waals surface area contributed by atoms with Crippen LogP contribution < -0.4 is 4.90 Å². The van der Waals surface area contributed by atoms with Gasteiger partial charge >= 0.3 is 0 Å². The van der Waals surface area contributed by atoms with E-state index in [-0.39, 0.29) is 0 Å². The second kappa shape index (κ2) is 3.13. The number of anilines is 1. The molecular weight excluding hydrogens is 206 g/mol. The quantitative estimate of drug-likeness (QED) is 0.658. The van der Waals surface area contributed by atoms with Gasteiger partial charge in [-0.2, -0.15) is 0 Å². The summed E-state index contributed by atoms with van der Waals surface area (Å²) in [6, 6.07) is 18.3. The first-order chi connectivity index (χ1) is 8.36. The lowest BCUT2D eigenvalue weighted by molar-refractivity contribution is 0.618. The molecule has 2 aromatic carbocycles. The Kier molecular flexibility index (Phi) is 1.71. The molecule has 0 spiro atoms. The molecule has 0 saturated carbocycles. The number of hydrogen-bond acceptors (Lipinski definition) is 1. The van der Waals surface area contributed by atoms with Crippen LogP contribution in [0.25, 0.3) is 0 Å². The minimum absolute atomic E-state index is 0.559. The lowest BCUT2D eigenvalue weighted by atomic mass is 9.96. The van der Waals surface area contributed by atoms with Gasteiger partial charge in [0.1, 0.15) is 0 Å². The molecule has 0 fully saturated rings. The van der Waals surface area contributed by atoms with Crippen LogP contribution in [0.1, 0.15) is 28.7 Å². The lowest BCUT2D eigenvalue weighted by Crippen LogP contribution is -2.19. The molecule has 1 aliphatic heterocycles. The maximum atomic E-state index is 2.45. The van der Waals surface area contributed by atoms with Crippen molar-refractivity contribution in [1.29, 1.82) is 0 Å². The van der Waals surface area contributed by atoms with Gasteiger partial charge in [0.15, 0.2) is 0 Å². The zero-order valence-electron chi connectivity index (χ0n) is 9.93. The van der Waals surface area contributed by atoms with Gasteiger partial charge in [0.25, 0.3) is 0 Å². The predicted molar refractivity (Wildman–Crippen MR) is 70.5 cm³/mol. The molecule has 2 aliphatic rings. The normalized spacial score (nSPS) is 24.4. The summed E-state index contributed by atoms with van der Waals surface area (Å²) in [7, 11) is 2.23. The molecule has 17 heavy (non-hydrogen) atoms. The molecule has 1 aliphatic carbocycles. The zero-order chi connectivity index (χ0) is 11.4. The van der Waals surface area contributed by atoms with Crippen LogP contribution in [0.2, 0.25) is 0 Å². The number of hydrogen-bond donors (Lipinski definition) is 0. The maximum Gasteiger partial charge on any atom is 0.0614 e. The van der Waals surface area contributed by atoms with Crippen molar-refractivity contribution in [3.63, 3.8) is 0 Å². The second-order valence-corrected chi connectivity index (χ2v) is 5.12. The molecular formula is C16H15N. The number of nitrogens with zero attached hydrogens (tertiary/aromatic N) is 1. The third-order valence-corrected chi connectivity index (χ3v) is 4.33. The van der Waals surface area contributed by atoms with E-state index in [2.05, 4.69) is 60.5 Å². The topological polar surface area (TPSA) is 3.24 Å². The van der Waals surface area contributed by atoms with E-state index >= 15 is 0 Å². The first-order valence-electron chi connectivity index (χ1n) is 6.26. The Hall–Kier alpha value is -1.76. The van der Waals surface area contributed by atoms with Crippen LogP contribution in [0.4, 0.5) is 5.69 Å². The van der Waals surface area contributed by atoms with E-state index in [1.165, 1.54) is 28.8 Å². The fourth-order valence-electron chi connectivity index (χ4n) is 3.60. The van der Waals surface area contributed by atoms with Crippen molar-refractivity contribution in [1.82, 2.24) is 0 Å². The Balaban J connectivity index is 1.91. The molecule has 2 atom stereocenters. The van der Waals surface area contributed by atoms with Gasteiger partial charge in [-0.15, -0.1) is 0 Å². The molecule has 4 rings (SSSR count). The van der Waals surface area contributed by atoms with Crippen LogP contribution in [-0.4, -0.2) is 7.05 Å². The zero-order valence-corrected chi connectivity index (χ0v) is 9.93. The number of benzene rings is 2. The molecule has 1 heterocycles. The van der Waals surface area contributed by atoms with Crippen molar-refractivity contribution in [2.45, 2.75) is 18.4 Å². The minimum Gasteiger partial charge on any atom is -0.367 e. The number of para-hydroxylation sites is 1. The Bertz CT molecular complexity index is 588. The summed E-state index contributed by atoms with van der Waals surface area (Å²) < 4.78 is 0. The summed E-state index contributed by atoms with van der Waals surface area (Å²) in [5, 5.41) is 0. The number of fused-ring (bicyclic) bond motifs is 5. The third kappa shape index (κ3) is 1.09. The Morgan fingerprint density at radius 1 is 0.941 bits per heavy atom. The highest BCUT2D eigenvalue weighted by Gasteiger charge is 2.42. The van der Waals surface area contributed by atoms with Gasteiger partial charge in [-0.05, 0) is 29.2 Å². The molecule has 0 bridgehead atoms. The molecule has 0 aromatic heterocycles. The van der Waals surface area contributed by atoms with Crippen LogP contribution in [0.3, 0.4) is 0 Å². The molecule has 0 saturated heterocycles. The largest absolute Gasteiger partial charge is 0.367 e. The van der Waals surface area contributed by atoms with Gasteiger partial charge in [0.05, 0.1) is 6.04 Å². The molecule has 0 amide bonds. The summed E-state index contributed by atoms with van der Waals surface area (Å²) in [6.45, 7) is 0. The molecule has 0 radical (unpaired) electrons. The van der Waals surface area contributed by atoms with Gasteiger partial charge in [-0.3, -0.25) is 0 Å². The molecule has 1 nitrogen and oxygen atoms in total. The standard InChI is InChI=1S/C16H15N/c1-17-15-9-5-4-8-13(15)14-10-11-6-2-3-7-12(11)16(14)17/h2-9,14,16H,10H2,1H3/t14-,16-/m1/s1. The van der Waals surface area contributed by atoms with Gasteiger partial charge in [-0.25, -0.2) is 0 Å². The van der Waals surface area contributed by atoms with Crippen LogP contribution in [0, 0.1) is 0 Å². The first-order valence-corrected chi connectivity index (χ1v) is 6.26. The number of likely N-dealkylation sites (N-methyl/N-ethyl adjacent to an activating group) is 1. The van der Waals surface area contributed by atoms with Crippen LogP contribution in [0.5, 0.6) is 0 Å². The summed E-state index contributed by atoms with van der Waals surface area (Å²) in [6.07, 6.45) is 1.20. The van der Waals surface area contributed by atoms with E-state index < -0.39 is 0 Å². The summed E-state index contributed by atoms with van der Waals surface area (Å²) in [4.78, 5) is 2.45. The van der Waals surface area contributed by atoms with E-state index in [0.29, 0.717) is 12.0 Å². The molecule has 0 N–H and O–H groups in total. The van der Waals surface area contributed by atoms with Crippen molar-refractivity contribution in [2.75, 3.05) is 11.9 Å². The molecule has 84 valence electrons. The van der Waals surface area contributed by atoms with Crippen LogP contribution in [0.15, 0.2) is 48.5 Å². The Morgan fingerprint density at radius 2 is 1.65 bits per heavy atom. The molecule has 1 heteroatoms. The first kappa shape index (κ1) is 9.29. The van der Waals surface area contributed by atoms with Crippen molar-refractivity contribution in [3.05, 3.63) is 65.2 Å². The van der Waals surface area contributed by atoms with Crippen molar-refractivity contribution in [2.24, 2.45) is 0 Å². The van der Waals surface area contributed by atoms with Gasteiger partial charge in [0.2, 0.25) is 0 Å². The molecule has 0 unspecified atom stereocenters. The predicted octanol–water partition coefficient (Wildman–Crippen LogP) is 3.52. The highest BCUT2D eigenvalue weighted by atomic mass is 15.2. The molecule has 2 aromatic rings. The van der Waals surface area contributed by atoms with Gasteiger partial charge in [0, 0.05) is 18.7 Å². The Labute approximate surface area is 102 Å². The number of rotatable bonds is 0. The van der Waals surface area contributed by atoms with E-state index in [1.807, 2.05) is 0 Å². The van der Waals surface area contributed by atoms with E-state index in [4.69, 9.17) is 0 Å². The van der Waals surface area contributed by atoms with E-state index in [1.54, 1.807) is 0 Å². The van der Waals surface area contributed by atoms with Crippen molar-refractivity contribution < 1.29 is 0 Å². The second-order valence-electron chi connectivity index (χ2n) is 5.12. The highest BCUT2D eigenvalue weighted by Crippen LogP contribution is 2.54. The monoisotopic (exact) mass is 221 g/mol. The van der Waals surface area contributed by atoms with Crippen molar-refractivity contribution in [3.8, 4) is 0 Å². The smallest absolute Gasteiger partial charge is 0.0614 e. The summed E-state index contributed by atoms with van der Waals surface area (Å²) in [5.41, 5.74) is 5.99. The SMILES string of the molecule is CN1c2ccccc2[C@H]2Cc3ccccc3[C@H]21.